The standard InChI is InChI=1S/C15H20ClN3O2/c1-5-11(9(2)17-3)15-18-14(19-21-15)12-7-6-10(16)8-13(12)20-4/h6-9,11,17H,5H2,1-4H3. The van der Waals surface area contributed by atoms with Gasteiger partial charge < -0.3 is 14.6 Å². The van der Waals surface area contributed by atoms with Gasteiger partial charge in [-0.3, -0.25) is 0 Å². The third kappa shape index (κ3) is 3.36. The molecule has 2 unspecified atom stereocenters. The van der Waals surface area contributed by atoms with E-state index in [4.69, 9.17) is 20.9 Å². The monoisotopic (exact) mass is 309 g/mol. The van der Waals surface area contributed by atoms with Crippen molar-refractivity contribution in [2.24, 2.45) is 0 Å². The maximum atomic E-state index is 5.97. The van der Waals surface area contributed by atoms with Gasteiger partial charge in [-0.2, -0.15) is 4.98 Å². The van der Waals surface area contributed by atoms with E-state index >= 15 is 0 Å². The van der Waals surface area contributed by atoms with E-state index in [2.05, 4.69) is 29.3 Å². The average Bonchev–Trinajstić information content (AvgIpc) is 2.96. The van der Waals surface area contributed by atoms with Crippen molar-refractivity contribution in [1.82, 2.24) is 15.5 Å². The van der Waals surface area contributed by atoms with Gasteiger partial charge in [-0.1, -0.05) is 23.7 Å². The molecule has 21 heavy (non-hydrogen) atoms. The number of halogens is 1. The molecule has 0 spiro atoms. The smallest absolute Gasteiger partial charge is 0.231 e. The number of methoxy groups -OCH3 is 1. The van der Waals surface area contributed by atoms with E-state index < -0.39 is 0 Å². The summed E-state index contributed by atoms with van der Waals surface area (Å²) in [4.78, 5) is 4.52. The van der Waals surface area contributed by atoms with Gasteiger partial charge in [0.05, 0.1) is 18.6 Å². The molecule has 1 heterocycles. The van der Waals surface area contributed by atoms with E-state index in [0.29, 0.717) is 22.5 Å². The molecule has 5 nitrogen and oxygen atoms in total. The van der Waals surface area contributed by atoms with Crippen LogP contribution in [0.5, 0.6) is 5.75 Å². The molecule has 0 fully saturated rings. The first-order valence-electron chi connectivity index (χ1n) is 6.95. The van der Waals surface area contributed by atoms with Crippen molar-refractivity contribution in [3.63, 3.8) is 0 Å². The van der Waals surface area contributed by atoms with E-state index in [9.17, 15) is 0 Å². The van der Waals surface area contributed by atoms with Crippen molar-refractivity contribution in [1.29, 1.82) is 0 Å². The van der Waals surface area contributed by atoms with E-state index in [-0.39, 0.29) is 12.0 Å². The molecule has 0 saturated carbocycles. The zero-order valence-electron chi connectivity index (χ0n) is 12.7. The summed E-state index contributed by atoms with van der Waals surface area (Å²) in [6.07, 6.45) is 0.918. The van der Waals surface area contributed by atoms with E-state index in [1.807, 2.05) is 13.1 Å². The Morgan fingerprint density at radius 1 is 1.43 bits per heavy atom. The van der Waals surface area contributed by atoms with Gasteiger partial charge in [0.25, 0.3) is 0 Å². The average molecular weight is 310 g/mol. The minimum absolute atomic E-state index is 0.176. The first-order chi connectivity index (χ1) is 10.1. The molecule has 1 aromatic heterocycles. The molecule has 0 amide bonds. The molecule has 1 aromatic carbocycles. The minimum atomic E-state index is 0.176. The molecule has 0 aliphatic carbocycles. The second-order valence-electron chi connectivity index (χ2n) is 4.89. The lowest BCUT2D eigenvalue weighted by molar-refractivity contribution is 0.322. The Labute approximate surface area is 129 Å². The van der Waals surface area contributed by atoms with Gasteiger partial charge in [-0.15, -0.1) is 0 Å². The molecule has 114 valence electrons. The summed E-state index contributed by atoms with van der Waals surface area (Å²) < 4.78 is 10.8. The number of nitrogens with one attached hydrogen (secondary N) is 1. The predicted octanol–water partition coefficient (Wildman–Crippen LogP) is 3.50. The summed E-state index contributed by atoms with van der Waals surface area (Å²) >= 11 is 5.97. The van der Waals surface area contributed by atoms with E-state index in [0.717, 1.165) is 12.0 Å². The molecule has 0 radical (unpaired) electrons. The van der Waals surface area contributed by atoms with Crippen LogP contribution in [-0.4, -0.2) is 30.3 Å². The highest BCUT2D eigenvalue weighted by atomic mass is 35.5. The molecular formula is C15H20ClN3O2. The Morgan fingerprint density at radius 3 is 2.81 bits per heavy atom. The molecule has 0 aliphatic heterocycles. The quantitative estimate of drug-likeness (QED) is 0.885. The second-order valence-corrected chi connectivity index (χ2v) is 5.33. The molecule has 2 aromatic rings. The second kappa shape index (κ2) is 6.91. The third-order valence-corrected chi connectivity index (χ3v) is 3.90. The molecule has 2 rings (SSSR count). The summed E-state index contributed by atoms with van der Waals surface area (Å²) in [6.45, 7) is 4.20. The van der Waals surface area contributed by atoms with Crippen LogP contribution in [0.4, 0.5) is 0 Å². The van der Waals surface area contributed by atoms with E-state index in [1.54, 1.807) is 19.2 Å². The number of hydrogen-bond donors (Lipinski definition) is 1. The fourth-order valence-corrected chi connectivity index (χ4v) is 2.45. The maximum Gasteiger partial charge on any atom is 0.231 e. The van der Waals surface area contributed by atoms with Gasteiger partial charge in [0.1, 0.15) is 5.75 Å². The number of rotatable bonds is 6. The first-order valence-corrected chi connectivity index (χ1v) is 7.33. The molecule has 1 N–H and O–H groups in total. The first kappa shape index (κ1) is 15.8. The number of ether oxygens (including phenoxy) is 1. The zero-order valence-corrected chi connectivity index (χ0v) is 13.4. The lowest BCUT2D eigenvalue weighted by Gasteiger charge is -2.17. The van der Waals surface area contributed by atoms with Crippen LogP contribution in [-0.2, 0) is 0 Å². The molecule has 2 atom stereocenters. The van der Waals surface area contributed by atoms with Gasteiger partial charge in [0.15, 0.2) is 0 Å². The normalized spacial score (nSPS) is 14.0. The lowest BCUT2D eigenvalue weighted by atomic mass is 9.98. The number of benzene rings is 1. The van der Waals surface area contributed by atoms with Crippen molar-refractivity contribution < 1.29 is 9.26 Å². The highest BCUT2D eigenvalue weighted by Crippen LogP contribution is 2.32. The number of nitrogens with zero attached hydrogens (tertiary/aromatic N) is 2. The van der Waals surface area contributed by atoms with Crippen LogP contribution in [0.15, 0.2) is 22.7 Å². The Hall–Kier alpha value is -1.59. The van der Waals surface area contributed by atoms with Crippen molar-refractivity contribution >= 4 is 11.6 Å². The van der Waals surface area contributed by atoms with Crippen LogP contribution in [0.25, 0.3) is 11.4 Å². The number of hydrogen-bond acceptors (Lipinski definition) is 5. The van der Waals surface area contributed by atoms with Gasteiger partial charge in [0, 0.05) is 11.1 Å². The van der Waals surface area contributed by atoms with Crippen molar-refractivity contribution in [3.8, 4) is 17.1 Å². The molecule has 6 heteroatoms. The maximum absolute atomic E-state index is 5.97. The topological polar surface area (TPSA) is 60.2 Å². The van der Waals surface area contributed by atoms with Gasteiger partial charge >= 0.3 is 0 Å². The summed E-state index contributed by atoms with van der Waals surface area (Å²) in [7, 11) is 3.51. The summed E-state index contributed by atoms with van der Waals surface area (Å²) in [5, 5.41) is 7.90. The van der Waals surface area contributed by atoms with Crippen LogP contribution in [0.3, 0.4) is 0 Å². The molecule has 0 aliphatic rings. The summed E-state index contributed by atoms with van der Waals surface area (Å²) in [5.74, 6) is 1.95. The van der Waals surface area contributed by atoms with Gasteiger partial charge in [-0.25, -0.2) is 0 Å². The number of aromatic nitrogens is 2. The van der Waals surface area contributed by atoms with Crippen molar-refractivity contribution in [2.45, 2.75) is 32.2 Å². The molecule has 0 saturated heterocycles. The van der Waals surface area contributed by atoms with E-state index in [1.165, 1.54) is 0 Å². The SMILES string of the molecule is CCC(c1nc(-c2ccc(Cl)cc2OC)no1)C(C)NC. The fourth-order valence-electron chi connectivity index (χ4n) is 2.29. The van der Waals surface area contributed by atoms with Crippen molar-refractivity contribution in [3.05, 3.63) is 29.1 Å². The molecule has 0 bridgehead atoms. The van der Waals surface area contributed by atoms with Crippen molar-refractivity contribution in [2.75, 3.05) is 14.2 Å². The Kier molecular flexibility index (Phi) is 5.20. The highest BCUT2D eigenvalue weighted by Gasteiger charge is 2.23. The highest BCUT2D eigenvalue weighted by molar-refractivity contribution is 6.30. The predicted molar refractivity (Wildman–Crippen MR) is 82.8 cm³/mol. The van der Waals surface area contributed by atoms with Gasteiger partial charge in [0.2, 0.25) is 11.7 Å². The van der Waals surface area contributed by atoms with Crippen LogP contribution in [0, 0.1) is 0 Å². The van der Waals surface area contributed by atoms with Crippen LogP contribution < -0.4 is 10.1 Å². The lowest BCUT2D eigenvalue weighted by Crippen LogP contribution is -2.28. The number of likely N-dealkylation sites (N-methyl/N-ethyl adjacent to an activating group) is 1. The van der Waals surface area contributed by atoms with Crippen LogP contribution >= 0.6 is 11.6 Å². The largest absolute Gasteiger partial charge is 0.496 e. The minimum Gasteiger partial charge on any atom is -0.496 e. The van der Waals surface area contributed by atoms with Gasteiger partial charge in [-0.05, 0) is 38.6 Å². The summed E-state index contributed by atoms with van der Waals surface area (Å²) in [5.41, 5.74) is 0.767. The zero-order chi connectivity index (χ0) is 15.4. The Morgan fingerprint density at radius 2 is 2.19 bits per heavy atom. The Bertz CT molecular complexity index is 600. The third-order valence-electron chi connectivity index (χ3n) is 3.66. The van der Waals surface area contributed by atoms with Crippen LogP contribution in [0.1, 0.15) is 32.1 Å². The molecular weight excluding hydrogens is 290 g/mol. The Balaban J connectivity index is 2.35. The fraction of sp³-hybridized carbons (Fsp3) is 0.467. The summed E-state index contributed by atoms with van der Waals surface area (Å²) in [6, 6.07) is 5.61. The van der Waals surface area contributed by atoms with Crippen LogP contribution in [0.2, 0.25) is 5.02 Å².